The highest BCUT2D eigenvalue weighted by molar-refractivity contribution is 5.71. The Bertz CT molecular complexity index is 1260. The van der Waals surface area contributed by atoms with E-state index in [0.717, 1.165) is 96.3 Å². The molecule has 0 amide bonds. The second-order valence-electron chi connectivity index (χ2n) is 18.8. The summed E-state index contributed by atoms with van der Waals surface area (Å²) < 4.78 is 16.8. The summed E-state index contributed by atoms with van der Waals surface area (Å²) in [5, 5.41) is 0. The van der Waals surface area contributed by atoms with Gasteiger partial charge in [0.1, 0.15) is 13.2 Å². The molecule has 0 heterocycles. The van der Waals surface area contributed by atoms with E-state index >= 15 is 0 Å². The minimum absolute atomic E-state index is 0.0915. The van der Waals surface area contributed by atoms with Crippen LogP contribution in [0.2, 0.25) is 0 Å². The van der Waals surface area contributed by atoms with Gasteiger partial charge >= 0.3 is 17.9 Å². The molecule has 6 nitrogen and oxygen atoms in total. The largest absolute Gasteiger partial charge is 0.462 e. The molecular weight excluding hydrogens is 829 g/mol. The van der Waals surface area contributed by atoms with E-state index in [4.69, 9.17) is 14.2 Å². The van der Waals surface area contributed by atoms with Gasteiger partial charge in [-0.2, -0.15) is 0 Å². The Balaban J connectivity index is 4.37. The van der Waals surface area contributed by atoms with E-state index in [-0.39, 0.29) is 31.1 Å². The lowest BCUT2D eigenvalue weighted by atomic mass is 10.0. The number of allylic oxidation sites excluding steroid dienone is 12. The van der Waals surface area contributed by atoms with Crippen molar-refractivity contribution in [2.45, 2.75) is 284 Å². The van der Waals surface area contributed by atoms with E-state index in [0.29, 0.717) is 19.3 Å². The van der Waals surface area contributed by atoms with Crippen LogP contribution in [0.3, 0.4) is 0 Å². The maximum Gasteiger partial charge on any atom is 0.306 e. The van der Waals surface area contributed by atoms with E-state index in [1.807, 2.05) is 0 Å². The predicted molar refractivity (Wildman–Crippen MR) is 288 cm³/mol. The lowest BCUT2D eigenvalue weighted by Crippen LogP contribution is -2.30. The minimum atomic E-state index is -0.796. The van der Waals surface area contributed by atoms with Crippen molar-refractivity contribution in [3.63, 3.8) is 0 Å². The van der Waals surface area contributed by atoms with Crippen LogP contribution in [0.5, 0.6) is 0 Å². The number of hydrogen-bond donors (Lipinski definition) is 0. The highest BCUT2D eigenvalue weighted by atomic mass is 16.6. The Morgan fingerprint density at radius 2 is 0.582 bits per heavy atom. The van der Waals surface area contributed by atoms with Crippen LogP contribution in [0.1, 0.15) is 278 Å². The van der Waals surface area contributed by atoms with E-state index in [1.165, 1.54) is 141 Å². The SMILES string of the molecule is CC/C=C\C/C=C\C/C=C\C/C=C\CCCCC(=O)OC[C@H](COC(=O)CCCCCCCCCCCCC/C=C\CCCCCCCC)OC(=O)CCCCCCC/C=C\CCCCCC. The number of esters is 3. The van der Waals surface area contributed by atoms with Crippen LogP contribution >= 0.6 is 0 Å². The van der Waals surface area contributed by atoms with Crippen molar-refractivity contribution in [2.75, 3.05) is 13.2 Å². The highest BCUT2D eigenvalue weighted by Gasteiger charge is 2.19. The van der Waals surface area contributed by atoms with Crippen molar-refractivity contribution in [1.29, 1.82) is 0 Å². The predicted octanol–water partition coefficient (Wildman–Crippen LogP) is 19.0. The van der Waals surface area contributed by atoms with Crippen molar-refractivity contribution in [2.24, 2.45) is 0 Å². The number of rotatable bonds is 51. The topological polar surface area (TPSA) is 78.9 Å². The molecule has 0 saturated heterocycles. The van der Waals surface area contributed by atoms with Gasteiger partial charge < -0.3 is 14.2 Å². The summed E-state index contributed by atoms with van der Waals surface area (Å²) in [6.07, 6.45) is 70.4. The van der Waals surface area contributed by atoms with Gasteiger partial charge in [-0.1, -0.05) is 222 Å². The van der Waals surface area contributed by atoms with Gasteiger partial charge in [0.25, 0.3) is 0 Å². The van der Waals surface area contributed by atoms with Crippen LogP contribution in [0.25, 0.3) is 0 Å². The quantitative estimate of drug-likeness (QED) is 0.0262. The number of unbranched alkanes of at least 4 members (excludes halogenated alkanes) is 28. The monoisotopic (exact) mass is 935 g/mol. The summed E-state index contributed by atoms with van der Waals surface area (Å²) in [7, 11) is 0. The van der Waals surface area contributed by atoms with Crippen LogP contribution < -0.4 is 0 Å². The summed E-state index contributed by atoms with van der Waals surface area (Å²) >= 11 is 0. The molecule has 6 heteroatoms. The lowest BCUT2D eigenvalue weighted by Gasteiger charge is -2.18. The Hall–Kier alpha value is -3.15. The minimum Gasteiger partial charge on any atom is -0.462 e. The average Bonchev–Trinajstić information content (AvgIpc) is 3.33. The summed E-state index contributed by atoms with van der Waals surface area (Å²) in [6.45, 7) is 6.48. The van der Waals surface area contributed by atoms with E-state index in [2.05, 4.69) is 93.7 Å². The Morgan fingerprint density at radius 1 is 0.313 bits per heavy atom. The third kappa shape index (κ3) is 53.7. The van der Waals surface area contributed by atoms with Gasteiger partial charge in [-0.15, -0.1) is 0 Å². The molecule has 0 N–H and O–H groups in total. The molecule has 0 bridgehead atoms. The molecular formula is C61H106O6. The van der Waals surface area contributed by atoms with Crippen molar-refractivity contribution in [3.8, 4) is 0 Å². The first-order valence-electron chi connectivity index (χ1n) is 28.4. The Morgan fingerprint density at radius 3 is 0.970 bits per heavy atom. The molecule has 0 aromatic rings. The van der Waals surface area contributed by atoms with Gasteiger partial charge in [0.05, 0.1) is 0 Å². The van der Waals surface area contributed by atoms with Gasteiger partial charge in [0, 0.05) is 19.3 Å². The number of hydrogen-bond acceptors (Lipinski definition) is 6. The number of carbonyl (C=O) groups is 3. The average molecular weight is 936 g/mol. The zero-order valence-corrected chi connectivity index (χ0v) is 44.2. The molecule has 0 aromatic carbocycles. The van der Waals surface area contributed by atoms with Crippen LogP contribution in [-0.2, 0) is 28.6 Å². The first-order valence-corrected chi connectivity index (χ1v) is 28.4. The second kappa shape index (κ2) is 55.4. The van der Waals surface area contributed by atoms with Gasteiger partial charge in [0.15, 0.2) is 6.10 Å². The maximum atomic E-state index is 12.8. The maximum absolute atomic E-state index is 12.8. The molecule has 0 aliphatic carbocycles. The van der Waals surface area contributed by atoms with Crippen LogP contribution in [0.15, 0.2) is 72.9 Å². The smallest absolute Gasteiger partial charge is 0.306 e. The van der Waals surface area contributed by atoms with E-state index in [9.17, 15) is 14.4 Å². The van der Waals surface area contributed by atoms with Gasteiger partial charge in [-0.05, 0) is 109 Å². The molecule has 0 unspecified atom stereocenters. The number of carbonyl (C=O) groups excluding carboxylic acids is 3. The fraction of sp³-hybridized carbons (Fsp3) is 0.754. The summed E-state index contributed by atoms with van der Waals surface area (Å²) in [5.74, 6) is -0.938. The molecule has 0 rings (SSSR count). The van der Waals surface area contributed by atoms with Gasteiger partial charge in [-0.25, -0.2) is 0 Å². The molecule has 1 atom stereocenters. The van der Waals surface area contributed by atoms with Crippen molar-refractivity contribution in [3.05, 3.63) is 72.9 Å². The molecule has 0 saturated carbocycles. The van der Waals surface area contributed by atoms with Crippen molar-refractivity contribution >= 4 is 17.9 Å². The Kier molecular flexibility index (Phi) is 52.8. The third-order valence-electron chi connectivity index (χ3n) is 12.2. The molecule has 0 radical (unpaired) electrons. The Labute approximate surface area is 414 Å². The zero-order valence-electron chi connectivity index (χ0n) is 44.2. The molecule has 67 heavy (non-hydrogen) atoms. The second-order valence-corrected chi connectivity index (χ2v) is 18.8. The van der Waals surface area contributed by atoms with Crippen LogP contribution in [0.4, 0.5) is 0 Å². The van der Waals surface area contributed by atoms with Gasteiger partial charge in [-0.3, -0.25) is 14.4 Å². The van der Waals surface area contributed by atoms with E-state index < -0.39 is 6.10 Å². The lowest BCUT2D eigenvalue weighted by molar-refractivity contribution is -0.167. The van der Waals surface area contributed by atoms with Crippen molar-refractivity contribution < 1.29 is 28.6 Å². The molecule has 0 aliphatic heterocycles. The van der Waals surface area contributed by atoms with E-state index in [1.54, 1.807) is 0 Å². The van der Waals surface area contributed by atoms with Crippen LogP contribution in [-0.4, -0.2) is 37.2 Å². The van der Waals surface area contributed by atoms with Crippen LogP contribution in [0, 0.1) is 0 Å². The zero-order chi connectivity index (χ0) is 48.6. The molecule has 0 fully saturated rings. The molecule has 0 aromatic heterocycles. The molecule has 386 valence electrons. The first kappa shape index (κ1) is 63.8. The first-order chi connectivity index (χ1) is 33.0. The summed E-state index contributed by atoms with van der Waals surface area (Å²) in [6, 6.07) is 0. The fourth-order valence-electron chi connectivity index (χ4n) is 7.89. The molecule has 0 spiro atoms. The highest BCUT2D eigenvalue weighted by Crippen LogP contribution is 2.15. The third-order valence-corrected chi connectivity index (χ3v) is 12.2. The summed E-state index contributed by atoms with van der Waals surface area (Å²) in [5.41, 5.74) is 0. The standard InChI is InChI=1S/C61H106O6/c1-4-7-10-13-16-19-22-25-27-28-29-30-31-32-34-37-39-42-45-48-51-54-60(63)66-57-58(67-61(64)55-52-49-46-43-40-35-24-21-18-15-12-9-6-3)56-65-59(62)53-50-47-44-41-38-36-33-26-23-20-17-14-11-8-5-2/h8,11,17,20-21,24-27,33,38,41,58H,4-7,9-10,12-16,18-19,22-23,28-32,34-37,39-40,42-57H2,1-3H3/b11-8-,20-17-,24-21-,27-25-,33-26-,41-38-/t58-/m1/s1. The van der Waals surface area contributed by atoms with Crippen molar-refractivity contribution in [1.82, 2.24) is 0 Å². The molecule has 0 aliphatic rings. The number of ether oxygens (including phenoxy) is 3. The fourth-order valence-corrected chi connectivity index (χ4v) is 7.89. The normalized spacial score (nSPS) is 12.6. The van der Waals surface area contributed by atoms with Gasteiger partial charge in [0.2, 0.25) is 0 Å². The summed E-state index contributed by atoms with van der Waals surface area (Å²) in [4.78, 5) is 38.1.